The van der Waals surface area contributed by atoms with Gasteiger partial charge in [0, 0.05) is 22.2 Å². The monoisotopic (exact) mass is 287 g/mol. The van der Waals surface area contributed by atoms with Gasteiger partial charge < -0.3 is 5.73 Å². The van der Waals surface area contributed by atoms with Gasteiger partial charge in [-0.05, 0) is 0 Å². The van der Waals surface area contributed by atoms with E-state index in [2.05, 4.69) is 0 Å². The molecule has 5 nitrogen and oxygen atoms in total. The van der Waals surface area contributed by atoms with Gasteiger partial charge in [0.05, 0.1) is 16.1 Å². The maximum absolute atomic E-state index is 12.9. The highest BCUT2D eigenvalue weighted by molar-refractivity contribution is 7.23. The number of anilines is 1. The first-order chi connectivity index (χ1) is 8.75. The van der Waals surface area contributed by atoms with Crippen LogP contribution in [0.25, 0.3) is 10.1 Å². The number of nitro groups is 1. The van der Waals surface area contributed by atoms with E-state index >= 15 is 0 Å². The molecule has 0 aliphatic rings. The van der Waals surface area contributed by atoms with E-state index in [0.717, 1.165) is 6.07 Å². The molecular weight excluding hydrogens is 283 g/mol. The number of nitrogen functional groups attached to an aromatic ring is 1. The Kier molecular flexibility index (Phi) is 2.83. The number of hydrogen-bond acceptors (Lipinski definition) is 5. The van der Waals surface area contributed by atoms with Crippen LogP contribution in [0.1, 0.15) is 11.1 Å². The first-order valence-corrected chi connectivity index (χ1v) is 5.55. The second-order valence-electron chi connectivity index (χ2n) is 3.57. The summed E-state index contributed by atoms with van der Waals surface area (Å²) in [5.41, 5.74) is 3.25. The van der Waals surface area contributed by atoms with Gasteiger partial charge in [-0.25, -0.2) is 0 Å². The molecule has 0 spiro atoms. The molecule has 0 unspecified atom stereocenters. The summed E-state index contributed by atoms with van der Waals surface area (Å²) >= 11 is 0.716. The van der Waals surface area contributed by atoms with Crippen molar-refractivity contribution in [2.45, 2.75) is 6.18 Å². The second kappa shape index (κ2) is 4.10. The van der Waals surface area contributed by atoms with Crippen LogP contribution in [0.5, 0.6) is 0 Å². The molecule has 1 aromatic carbocycles. The average Bonchev–Trinajstić information content (AvgIpc) is 2.61. The van der Waals surface area contributed by atoms with Crippen molar-refractivity contribution in [2.24, 2.45) is 0 Å². The minimum Gasteiger partial charge on any atom is -0.389 e. The Bertz CT molecular complexity index is 730. The van der Waals surface area contributed by atoms with Crippen molar-refractivity contribution in [3.63, 3.8) is 0 Å². The lowest BCUT2D eigenvalue weighted by Crippen LogP contribution is -2.07. The maximum Gasteiger partial charge on any atom is 0.417 e. The van der Waals surface area contributed by atoms with Gasteiger partial charge in [0.15, 0.2) is 0 Å². The number of nitrogens with zero attached hydrogens (tertiary/aromatic N) is 2. The highest BCUT2D eigenvalue weighted by Crippen LogP contribution is 2.43. The van der Waals surface area contributed by atoms with Crippen molar-refractivity contribution in [3.8, 4) is 6.07 Å². The van der Waals surface area contributed by atoms with E-state index in [4.69, 9.17) is 11.0 Å². The molecule has 2 N–H and O–H groups in total. The summed E-state index contributed by atoms with van der Waals surface area (Å²) in [6.07, 6.45) is -4.80. The molecule has 0 fully saturated rings. The number of benzene rings is 1. The number of thiophene rings is 1. The largest absolute Gasteiger partial charge is 0.417 e. The Morgan fingerprint density at radius 3 is 2.53 bits per heavy atom. The van der Waals surface area contributed by atoms with Gasteiger partial charge in [-0.2, -0.15) is 18.4 Å². The SMILES string of the molecule is N#Cc1c(N)sc2cc([N+](=O)[O-])cc(C(F)(F)F)c12. The number of rotatable bonds is 1. The summed E-state index contributed by atoms with van der Waals surface area (Å²) in [5.74, 6) is 0. The van der Waals surface area contributed by atoms with E-state index in [1.165, 1.54) is 0 Å². The Hall–Kier alpha value is -2.34. The van der Waals surface area contributed by atoms with Crippen LogP contribution in [-0.4, -0.2) is 4.92 Å². The predicted octanol–water partition coefficient (Wildman–Crippen LogP) is 3.28. The quantitative estimate of drug-likeness (QED) is 0.643. The van der Waals surface area contributed by atoms with Crippen molar-refractivity contribution in [1.29, 1.82) is 5.26 Å². The lowest BCUT2D eigenvalue weighted by Gasteiger charge is -2.08. The fraction of sp³-hybridized carbons (Fsp3) is 0.100. The molecule has 0 radical (unpaired) electrons. The number of halogens is 3. The molecular formula is C10H4F3N3O2S. The van der Waals surface area contributed by atoms with Crippen molar-refractivity contribution < 1.29 is 18.1 Å². The highest BCUT2D eigenvalue weighted by Gasteiger charge is 2.36. The molecule has 0 saturated carbocycles. The van der Waals surface area contributed by atoms with Crippen LogP contribution < -0.4 is 5.73 Å². The Labute approximate surface area is 107 Å². The molecule has 0 aliphatic carbocycles. The number of non-ortho nitro benzene ring substituents is 1. The number of hydrogen-bond donors (Lipinski definition) is 1. The van der Waals surface area contributed by atoms with Crippen LogP contribution in [0.4, 0.5) is 23.9 Å². The molecule has 0 saturated heterocycles. The molecule has 0 bridgehead atoms. The van der Waals surface area contributed by atoms with E-state index in [1.807, 2.05) is 0 Å². The Balaban J connectivity index is 2.96. The number of fused-ring (bicyclic) bond motifs is 1. The fourth-order valence-electron chi connectivity index (χ4n) is 1.67. The van der Waals surface area contributed by atoms with Crippen LogP contribution >= 0.6 is 11.3 Å². The summed E-state index contributed by atoms with van der Waals surface area (Å²) in [6, 6.07) is 2.99. The van der Waals surface area contributed by atoms with Crippen LogP contribution in [0, 0.1) is 21.4 Å². The topological polar surface area (TPSA) is 93.0 Å². The summed E-state index contributed by atoms with van der Waals surface area (Å²) in [4.78, 5) is 9.71. The lowest BCUT2D eigenvalue weighted by atomic mass is 10.1. The van der Waals surface area contributed by atoms with Gasteiger partial charge in [0.1, 0.15) is 11.1 Å². The minimum atomic E-state index is -4.80. The molecule has 1 aromatic heterocycles. The average molecular weight is 287 g/mol. The van der Waals surface area contributed by atoms with Gasteiger partial charge in [0.25, 0.3) is 5.69 Å². The first kappa shape index (κ1) is 13.1. The van der Waals surface area contributed by atoms with Crippen molar-refractivity contribution in [1.82, 2.24) is 0 Å². The molecule has 1 heterocycles. The molecule has 2 aromatic rings. The maximum atomic E-state index is 12.9. The number of nitro benzene ring substituents is 1. The third kappa shape index (κ3) is 2.06. The smallest absolute Gasteiger partial charge is 0.389 e. The standard InChI is InChI=1S/C10H4F3N3O2S/c11-10(12,13)6-1-4(16(17)18)2-7-8(6)5(3-14)9(15)19-7/h1-2H,15H2. The van der Waals surface area contributed by atoms with Crippen LogP contribution in [-0.2, 0) is 6.18 Å². The van der Waals surface area contributed by atoms with Gasteiger partial charge >= 0.3 is 6.18 Å². The van der Waals surface area contributed by atoms with E-state index in [9.17, 15) is 23.3 Å². The van der Waals surface area contributed by atoms with Gasteiger partial charge in [-0.3, -0.25) is 10.1 Å². The third-order valence-corrected chi connectivity index (χ3v) is 3.40. The zero-order chi connectivity index (χ0) is 14.4. The molecule has 0 amide bonds. The third-order valence-electron chi connectivity index (χ3n) is 2.43. The van der Waals surface area contributed by atoms with Crippen LogP contribution in [0.15, 0.2) is 12.1 Å². The fourth-order valence-corrected chi connectivity index (χ4v) is 2.65. The lowest BCUT2D eigenvalue weighted by molar-refractivity contribution is -0.385. The van der Waals surface area contributed by atoms with Gasteiger partial charge in [-0.1, -0.05) is 0 Å². The Morgan fingerprint density at radius 1 is 1.42 bits per heavy atom. The van der Waals surface area contributed by atoms with E-state index in [1.54, 1.807) is 6.07 Å². The zero-order valence-corrected chi connectivity index (χ0v) is 9.80. The molecule has 2 rings (SSSR count). The van der Waals surface area contributed by atoms with Crippen molar-refractivity contribution in [3.05, 3.63) is 33.4 Å². The van der Waals surface area contributed by atoms with Crippen LogP contribution in [0.3, 0.4) is 0 Å². The molecule has 9 heteroatoms. The first-order valence-electron chi connectivity index (χ1n) is 4.73. The minimum absolute atomic E-state index is 0.0319. The molecule has 98 valence electrons. The van der Waals surface area contributed by atoms with Crippen molar-refractivity contribution >= 4 is 32.1 Å². The summed E-state index contributed by atoms with van der Waals surface area (Å²) in [5, 5.41) is 19.0. The Morgan fingerprint density at radius 2 is 2.05 bits per heavy atom. The zero-order valence-electron chi connectivity index (χ0n) is 8.99. The van der Waals surface area contributed by atoms with Crippen molar-refractivity contribution in [2.75, 3.05) is 5.73 Å². The molecule has 19 heavy (non-hydrogen) atoms. The summed E-state index contributed by atoms with van der Waals surface area (Å²) in [7, 11) is 0. The van der Waals surface area contributed by atoms with E-state index in [-0.39, 0.29) is 20.7 Å². The number of nitriles is 1. The predicted molar refractivity (Wildman–Crippen MR) is 62.6 cm³/mol. The van der Waals surface area contributed by atoms with E-state index in [0.29, 0.717) is 17.4 Å². The number of nitrogens with two attached hydrogens (primary N) is 1. The molecule has 0 atom stereocenters. The molecule has 0 aliphatic heterocycles. The highest BCUT2D eigenvalue weighted by atomic mass is 32.1. The normalized spacial score (nSPS) is 11.5. The van der Waals surface area contributed by atoms with E-state index < -0.39 is 22.4 Å². The summed E-state index contributed by atoms with van der Waals surface area (Å²) in [6.45, 7) is 0. The number of alkyl halides is 3. The van der Waals surface area contributed by atoms with Crippen LogP contribution in [0.2, 0.25) is 0 Å². The van der Waals surface area contributed by atoms with Gasteiger partial charge in [-0.15, -0.1) is 11.3 Å². The summed E-state index contributed by atoms with van der Waals surface area (Å²) < 4.78 is 38.7. The van der Waals surface area contributed by atoms with Gasteiger partial charge in [0.2, 0.25) is 0 Å². The second-order valence-corrected chi connectivity index (χ2v) is 4.66.